The maximum atomic E-state index is 13.4. The zero-order valence-electron chi connectivity index (χ0n) is 57.9. The van der Waals surface area contributed by atoms with E-state index in [4.69, 9.17) is 28.4 Å². The summed E-state index contributed by atoms with van der Waals surface area (Å²) in [6, 6.07) is -0.976. The van der Waals surface area contributed by atoms with Crippen molar-refractivity contribution in [3.8, 4) is 0 Å². The first-order valence-corrected chi connectivity index (χ1v) is 37.2. The van der Waals surface area contributed by atoms with E-state index in [0.717, 1.165) is 77.0 Å². The summed E-state index contributed by atoms with van der Waals surface area (Å²) in [6.45, 7) is 1.64. The lowest BCUT2D eigenvalue weighted by Gasteiger charge is -2.48. The first kappa shape index (κ1) is 85.5. The van der Waals surface area contributed by atoms with Crippen molar-refractivity contribution < 1.29 is 89.4 Å². The van der Waals surface area contributed by atoms with Crippen molar-refractivity contribution in [1.82, 2.24) is 5.32 Å². The van der Waals surface area contributed by atoms with Crippen LogP contribution in [0.15, 0.2) is 72.9 Å². The fourth-order valence-corrected chi connectivity index (χ4v) is 12.3. The van der Waals surface area contributed by atoms with Crippen molar-refractivity contribution in [2.75, 3.05) is 26.4 Å². The predicted octanol–water partition coefficient (Wildman–Crippen LogP) is 10.9. The molecule has 0 bridgehead atoms. The van der Waals surface area contributed by atoms with Gasteiger partial charge < -0.3 is 89.9 Å². The number of unbranched alkanes of at least 4 members (excludes halogenated alkanes) is 31. The number of hydrogen-bond acceptors (Lipinski definition) is 18. The van der Waals surface area contributed by atoms with Gasteiger partial charge in [-0.25, -0.2) is 0 Å². The Morgan fingerprint density at radius 1 is 0.394 bits per heavy atom. The Morgan fingerprint density at radius 3 is 1.15 bits per heavy atom. The van der Waals surface area contributed by atoms with Crippen LogP contribution in [-0.4, -0.2) is 193 Å². The van der Waals surface area contributed by atoms with Crippen LogP contribution >= 0.6 is 0 Å². The second kappa shape index (κ2) is 56.0. The fraction of sp³-hybridized carbons (Fsp3) is 0.827. The molecule has 1 amide bonds. The molecule has 3 aliphatic heterocycles. The zero-order chi connectivity index (χ0) is 68.2. The molecular formula is C75H133NO18. The average Bonchev–Trinajstić information content (AvgIpc) is 0.787. The van der Waals surface area contributed by atoms with E-state index in [2.05, 4.69) is 79.9 Å². The topological polar surface area (TPSA) is 307 Å². The number of ether oxygens (including phenoxy) is 6. The van der Waals surface area contributed by atoms with Gasteiger partial charge in [-0.05, 0) is 64.2 Å². The lowest BCUT2D eigenvalue weighted by molar-refractivity contribution is -0.379. The Bertz CT molecular complexity index is 1980. The van der Waals surface area contributed by atoms with Gasteiger partial charge in [0, 0.05) is 6.42 Å². The summed E-state index contributed by atoms with van der Waals surface area (Å²) < 4.78 is 34.4. The summed E-state index contributed by atoms with van der Waals surface area (Å²) in [6.07, 6.45) is 44.4. The van der Waals surface area contributed by atoms with Gasteiger partial charge >= 0.3 is 0 Å². The quantitative estimate of drug-likeness (QED) is 0.0199. The van der Waals surface area contributed by atoms with Gasteiger partial charge in [0.25, 0.3) is 0 Å². The molecule has 546 valence electrons. The zero-order valence-corrected chi connectivity index (χ0v) is 57.9. The van der Waals surface area contributed by atoms with Gasteiger partial charge in [0.1, 0.15) is 73.2 Å². The van der Waals surface area contributed by atoms with Crippen molar-refractivity contribution in [3.63, 3.8) is 0 Å². The molecule has 0 aromatic rings. The second-order valence-corrected chi connectivity index (χ2v) is 26.4. The molecule has 3 saturated heterocycles. The van der Waals surface area contributed by atoms with E-state index in [1.807, 2.05) is 6.08 Å². The highest BCUT2D eigenvalue weighted by molar-refractivity contribution is 5.76. The van der Waals surface area contributed by atoms with E-state index in [0.29, 0.717) is 6.42 Å². The van der Waals surface area contributed by atoms with Gasteiger partial charge in [0.2, 0.25) is 5.91 Å². The van der Waals surface area contributed by atoms with E-state index < -0.39 is 124 Å². The molecule has 0 spiro atoms. The van der Waals surface area contributed by atoms with E-state index in [1.54, 1.807) is 6.08 Å². The van der Waals surface area contributed by atoms with Crippen molar-refractivity contribution in [2.24, 2.45) is 0 Å². The molecule has 3 aliphatic rings. The van der Waals surface area contributed by atoms with Gasteiger partial charge in [0.15, 0.2) is 18.9 Å². The molecule has 0 saturated carbocycles. The summed E-state index contributed by atoms with van der Waals surface area (Å²) in [7, 11) is 0. The first-order valence-electron chi connectivity index (χ1n) is 37.2. The molecule has 12 N–H and O–H groups in total. The van der Waals surface area contributed by atoms with E-state index >= 15 is 0 Å². The fourth-order valence-electron chi connectivity index (χ4n) is 12.3. The summed E-state index contributed by atoms with van der Waals surface area (Å²) >= 11 is 0. The SMILES string of the molecule is CC/C=C\C/C=C\C/C=C\C/C=C\C/C=C\CCCCCCCCCCCCCCCCCC(=O)NC(COC1OC(CO)C(OC2OC(CO)C(OC3OC(CO)C(O)C(O)C3O)C(O)C2O)C(O)C1O)C(O)/C=C/CCCCCCCCCCCCCCCCCC. The number of aliphatic hydroxyl groups is 11. The minimum absolute atomic E-state index is 0.241. The van der Waals surface area contributed by atoms with Gasteiger partial charge in [-0.15, -0.1) is 0 Å². The lowest BCUT2D eigenvalue weighted by atomic mass is 9.96. The van der Waals surface area contributed by atoms with Crippen molar-refractivity contribution >= 4 is 5.91 Å². The molecule has 94 heavy (non-hydrogen) atoms. The van der Waals surface area contributed by atoms with Crippen LogP contribution in [0.25, 0.3) is 0 Å². The Hall–Kier alpha value is -2.77. The van der Waals surface area contributed by atoms with Crippen LogP contribution in [-0.2, 0) is 33.2 Å². The number of hydrogen-bond donors (Lipinski definition) is 12. The molecule has 0 radical (unpaired) electrons. The van der Waals surface area contributed by atoms with E-state index in [9.17, 15) is 61.0 Å². The van der Waals surface area contributed by atoms with E-state index in [1.165, 1.54) is 161 Å². The molecule has 0 aromatic carbocycles. The van der Waals surface area contributed by atoms with Crippen molar-refractivity contribution in [2.45, 2.75) is 369 Å². The average molecular weight is 1340 g/mol. The van der Waals surface area contributed by atoms with Crippen LogP contribution in [0.2, 0.25) is 0 Å². The van der Waals surface area contributed by atoms with Crippen LogP contribution < -0.4 is 5.32 Å². The van der Waals surface area contributed by atoms with Crippen molar-refractivity contribution in [1.29, 1.82) is 0 Å². The Balaban J connectivity index is 1.39. The van der Waals surface area contributed by atoms with Gasteiger partial charge in [-0.3, -0.25) is 4.79 Å². The number of carbonyl (C=O) groups is 1. The predicted molar refractivity (Wildman–Crippen MR) is 369 cm³/mol. The normalized spacial score (nSPS) is 27.8. The van der Waals surface area contributed by atoms with Crippen LogP contribution in [0.3, 0.4) is 0 Å². The Labute approximate surface area is 566 Å². The minimum atomic E-state index is -1.98. The standard InChI is InChI=1S/C75H133NO18/c1-3-5-7-9-11-13-15-17-19-21-23-24-25-26-27-28-29-30-31-32-33-34-35-37-39-41-43-45-47-49-51-53-63(81)76-58(59(80)52-50-48-46-44-42-40-38-36-22-20-18-16-14-12-10-8-6-4-2)57-89-73-69(87)66(84)71(61(55-78)91-73)94-75-70(88)67(85)72(62(56-79)92-75)93-74-68(86)65(83)64(82)60(54-77)90-74/h5,7,11,13,17,19,23-24,26-27,50,52,58-62,64-75,77-80,82-88H,3-4,6,8-10,12,14-16,18,20-22,25,28-49,51,53-57H2,1-2H3,(H,76,81)/b7-5-,13-11-,19-17-,24-23-,27-26-,52-50+. The molecule has 17 atom stereocenters. The Morgan fingerprint density at radius 2 is 0.734 bits per heavy atom. The summed E-state index contributed by atoms with van der Waals surface area (Å²) in [4.78, 5) is 13.4. The smallest absolute Gasteiger partial charge is 0.220 e. The van der Waals surface area contributed by atoms with E-state index in [-0.39, 0.29) is 18.9 Å². The molecule has 3 heterocycles. The van der Waals surface area contributed by atoms with Crippen LogP contribution in [0.5, 0.6) is 0 Å². The number of allylic oxidation sites excluding steroid dienone is 11. The molecular weight excluding hydrogens is 1200 g/mol. The van der Waals surface area contributed by atoms with Gasteiger partial charge in [-0.1, -0.05) is 267 Å². The summed E-state index contributed by atoms with van der Waals surface area (Å²) in [5.74, 6) is -0.276. The second-order valence-electron chi connectivity index (χ2n) is 26.4. The molecule has 19 nitrogen and oxygen atoms in total. The summed E-state index contributed by atoms with van der Waals surface area (Å²) in [5.41, 5.74) is 0. The van der Waals surface area contributed by atoms with Crippen molar-refractivity contribution in [3.05, 3.63) is 72.9 Å². The third-order valence-corrected chi connectivity index (χ3v) is 18.3. The first-order chi connectivity index (χ1) is 45.8. The number of nitrogens with one attached hydrogen (secondary N) is 1. The number of amides is 1. The molecule has 0 aromatic heterocycles. The van der Waals surface area contributed by atoms with Crippen LogP contribution in [0.1, 0.15) is 264 Å². The monoisotopic (exact) mass is 1340 g/mol. The molecule has 17 unspecified atom stereocenters. The van der Waals surface area contributed by atoms with Gasteiger partial charge in [0.05, 0.1) is 38.6 Å². The molecule has 3 rings (SSSR count). The van der Waals surface area contributed by atoms with Crippen LogP contribution in [0.4, 0.5) is 0 Å². The highest BCUT2D eigenvalue weighted by atomic mass is 16.8. The third-order valence-electron chi connectivity index (χ3n) is 18.3. The van der Waals surface area contributed by atoms with Gasteiger partial charge in [-0.2, -0.15) is 0 Å². The third kappa shape index (κ3) is 36.9. The lowest BCUT2D eigenvalue weighted by Crippen LogP contribution is -2.66. The highest BCUT2D eigenvalue weighted by Crippen LogP contribution is 2.33. The molecule has 19 heteroatoms. The Kier molecular flexibility index (Phi) is 50.9. The number of carbonyl (C=O) groups excluding carboxylic acids is 1. The molecule has 3 fully saturated rings. The highest BCUT2D eigenvalue weighted by Gasteiger charge is 2.53. The number of aliphatic hydroxyl groups excluding tert-OH is 11. The largest absolute Gasteiger partial charge is 0.394 e. The van der Waals surface area contributed by atoms with Crippen LogP contribution in [0, 0.1) is 0 Å². The minimum Gasteiger partial charge on any atom is -0.394 e. The summed E-state index contributed by atoms with van der Waals surface area (Å²) in [5, 5.41) is 121. The maximum Gasteiger partial charge on any atom is 0.220 e. The molecule has 0 aliphatic carbocycles. The number of rotatable bonds is 57. The maximum absolute atomic E-state index is 13.4.